The molecule has 0 spiro atoms. The summed E-state index contributed by atoms with van der Waals surface area (Å²) in [6.07, 6.45) is 3.09. The second-order valence-corrected chi connectivity index (χ2v) is 10.1. The maximum atomic E-state index is 13.1. The Hall–Kier alpha value is -2.22. The van der Waals surface area contributed by atoms with Gasteiger partial charge in [-0.05, 0) is 68.0 Å². The van der Waals surface area contributed by atoms with Gasteiger partial charge in [0.15, 0.2) is 0 Å². The quantitative estimate of drug-likeness (QED) is 0.797. The lowest BCUT2D eigenvalue weighted by atomic mass is 10.1. The number of piperazine rings is 1. The van der Waals surface area contributed by atoms with Crippen LogP contribution in [0, 0.1) is 6.92 Å². The van der Waals surface area contributed by atoms with E-state index in [1.165, 1.54) is 5.56 Å². The van der Waals surface area contributed by atoms with Gasteiger partial charge in [0.1, 0.15) is 0 Å². The molecule has 1 aliphatic heterocycles. The minimum Gasteiger partial charge on any atom is -0.324 e. The molecule has 1 unspecified atom stereocenters. The zero-order chi connectivity index (χ0) is 21.3. The van der Waals surface area contributed by atoms with E-state index in [1.807, 2.05) is 55.1 Å². The highest BCUT2D eigenvalue weighted by atomic mass is 32.2. The normalized spacial score (nSPS) is 18.7. The first kappa shape index (κ1) is 21.0. The van der Waals surface area contributed by atoms with Gasteiger partial charge in [0.2, 0.25) is 15.9 Å². The summed E-state index contributed by atoms with van der Waals surface area (Å²) < 4.78 is 27.8. The highest BCUT2D eigenvalue weighted by molar-refractivity contribution is 7.89. The van der Waals surface area contributed by atoms with Gasteiger partial charge >= 0.3 is 0 Å². The molecule has 1 N–H and O–H groups in total. The maximum Gasteiger partial charge on any atom is 0.243 e. The van der Waals surface area contributed by atoms with Crippen molar-refractivity contribution in [1.29, 1.82) is 0 Å². The molecule has 1 fully saturated rings. The Kier molecular flexibility index (Phi) is 5.95. The fourth-order valence-electron chi connectivity index (χ4n) is 4.31. The number of amides is 1. The smallest absolute Gasteiger partial charge is 0.243 e. The molecule has 0 bridgehead atoms. The summed E-state index contributed by atoms with van der Waals surface area (Å²) in [6, 6.07) is 12.9. The predicted molar refractivity (Wildman–Crippen MR) is 118 cm³/mol. The maximum absolute atomic E-state index is 13.1. The van der Waals surface area contributed by atoms with Crippen molar-refractivity contribution in [2.24, 2.45) is 0 Å². The van der Waals surface area contributed by atoms with Crippen molar-refractivity contribution in [1.82, 2.24) is 9.21 Å². The highest BCUT2D eigenvalue weighted by Gasteiger charge is 2.32. The van der Waals surface area contributed by atoms with E-state index < -0.39 is 10.0 Å². The van der Waals surface area contributed by atoms with E-state index in [-0.39, 0.29) is 11.9 Å². The van der Waals surface area contributed by atoms with Crippen molar-refractivity contribution in [3.05, 3.63) is 59.2 Å². The Morgan fingerprint density at radius 1 is 1.00 bits per heavy atom. The molecule has 1 aliphatic carbocycles. The van der Waals surface area contributed by atoms with E-state index in [1.54, 1.807) is 10.4 Å². The fraction of sp³-hybridized carbons (Fsp3) is 0.435. The first-order valence-corrected chi connectivity index (χ1v) is 12.0. The van der Waals surface area contributed by atoms with Gasteiger partial charge in [0, 0.05) is 31.9 Å². The standard InChI is InChI=1S/C23H29N3O3S/c1-17-6-3-4-9-22(17)24-23(27)18(2)25-12-14-26(15-13-25)30(28,29)21-11-10-19-7-5-8-20(19)16-21/h3-4,6,9-11,16,18H,5,7-8,12-15H2,1-2H3,(H,24,27). The van der Waals surface area contributed by atoms with Crippen LogP contribution in [0.3, 0.4) is 0 Å². The largest absolute Gasteiger partial charge is 0.324 e. The van der Waals surface area contributed by atoms with Gasteiger partial charge in [-0.15, -0.1) is 0 Å². The van der Waals surface area contributed by atoms with E-state index in [0.29, 0.717) is 31.1 Å². The molecule has 2 aromatic rings. The van der Waals surface area contributed by atoms with E-state index in [2.05, 4.69) is 5.32 Å². The number of benzene rings is 2. The lowest BCUT2D eigenvalue weighted by molar-refractivity contribution is -0.121. The number of sulfonamides is 1. The molecule has 1 heterocycles. The minimum atomic E-state index is -3.50. The summed E-state index contributed by atoms with van der Waals surface area (Å²) in [7, 11) is -3.50. The average Bonchev–Trinajstić information content (AvgIpc) is 3.23. The highest BCUT2D eigenvalue weighted by Crippen LogP contribution is 2.27. The van der Waals surface area contributed by atoms with Gasteiger partial charge in [0.25, 0.3) is 0 Å². The second kappa shape index (κ2) is 8.49. The van der Waals surface area contributed by atoms with Crippen molar-refractivity contribution in [3.8, 4) is 0 Å². The number of carbonyl (C=O) groups excluding carboxylic acids is 1. The van der Waals surface area contributed by atoms with Crippen LogP contribution < -0.4 is 5.32 Å². The fourth-order valence-corrected chi connectivity index (χ4v) is 5.78. The van der Waals surface area contributed by atoms with Crippen LogP contribution in [-0.4, -0.2) is 55.8 Å². The van der Waals surface area contributed by atoms with Crippen molar-refractivity contribution in [2.75, 3.05) is 31.5 Å². The number of hydrogen-bond acceptors (Lipinski definition) is 4. The molecular weight excluding hydrogens is 398 g/mol. The molecule has 2 aliphatic rings. The molecule has 0 radical (unpaired) electrons. The van der Waals surface area contributed by atoms with Gasteiger partial charge in [-0.25, -0.2) is 8.42 Å². The van der Waals surface area contributed by atoms with E-state index >= 15 is 0 Å². The summed E-state index contributed by atoms with van der Waals surface area (Å²) >= 11 is 0. The topological polar surface area (TPSA) is 69.7 Å². The van der Waals surface area contributed by atoms with Crippen LogP contribution in [0.15, 0.2) is 47.4 Å². The van der Waals surface area contributed by atoms with Gasteiger partial charge in [0.05, 0.1) is 10.9 Å². The Labute approximate surface area is 178 Å². The van der Waals surface area contributed by atoms with Gasteiger partial charge in [-0.3, -0.25) is 9.69 Å². The third kappa shape index (κ3) is 4.15. The first-order valence-electron chi connectivity index (χ1n) is 10.6. The minimum absolute atomic E-state index is 0.0702. The SMILES string of the molecule is Cc1ccccc1NC(=O)C(C)N1CCN(S(=O)(=O)c2ccc3c(c2)CCC3)CC1. The van der Waals surface area contributed by atoms with E-state index in [9.17, 15) is 13.2 Å². The molecule has 30 heavy (non-hydrogen) atoms. The van der Waals surface area contributed by atoms with Crippen LogP contribution in [0.25, 0.3) is 0 Å². The summed E-state index contributed by atoms with van der Waals surface area (Å²) in [5.41, 5.74) is 4.26. The molecule has 1 atom stereocenters. The second-order valence-electron chi connectivity index (χ2n) is 8.20. The molecule has 7 heteroatoms. The number of nitrogens with zero attached hydrogens (tertiary/aromatic N) is 2. The van der Waals surface area contributed by atoms with Crippen LogP contribution in [0.2, 0.25) is 0 Å². The number of fused-ring (bicyclic) bond motifs is 1. The molecule has 1 saturated heterocycles. The predicted octanol–water partition coefficient (Wildman–Crippen LogP) is 2.82. The van der Waals surface area contributed by atoms with Crippen LogP contribution in [0.4, 0.5) is 5.69 Å². The molecular formula is C23H29N3O3S. The summed E-state index contributed by atoms with van der Waals surface area (Å²) in [5.74, 6) is -0.0702. The molecule has 6 nitrogen and oxygen atoms in total. The number of anilines is 1. The molecule has 2 aromatic carbocycles. The van der Waals surface area contributed by atoms with E-state index in [4.69, 9.17) is 0 Å². The summed E-state index contributed by atoms with van der Waals surface area (Å²) in [4.78, 5) is 15.1. The number of hydrogen-bond donors (Lipinski definition) is 1. The van der Waals surface area contributed by atoms with Crippen LogP contribution in [0.1, 0.15) is 30.0 Å². The number of nitrogens with one attached hydrogen (secondary N) is 1. The van der Waals surface area contributed by atoms with Crippen LogP contribution >= 0.6 is 0 Å². The Morgan fingerprint density at radius 3 is 2.43 bits per heavy atom. The van der Waals surface area contributed by atoms with Crippen molar-refractivity contribution in [2.45, 2.75) is 44.0 Å². The number of para-hydroxylation sites is 1. The number of rotatable bonds is 5. The Balaban J connectivity index is 1.38. The van der Waals surface area contributed by atoms with Crippen LogP contribution in [-0.2, 0) is 27.7 Å². The average molecular weight is 428 g/mol. The third-order valence-electron chi connectivity index (χ3n) is 6.31. The van der Waals surface area contributed by atoms with Gasteiger partial charge < -0.3 is 5.32 Å². The number of aryl methyl sites for hydroxylation is 3. The van der Waals surface area contributed by atoms with E-state index in [0.717, 1.165) is 36.1 Å². The lowest BCUT2D eigenvalue weighted by Gasteiger charge is -2.36. The zero-order valence-corrected chi connectivity index (χ0v) is 18.4. The summed E-state index contributed by atoms with van der Waals surface area (Å²) in [6.45, 7) is 5.68. The van der Waals surface area contributed by atoms with Gasteiger partial charge in [-0.1, -0.05) is 24.3 Å². The van der Waals surface area contributed by atoms with Crippen molar-refractivity contribution >= 4 is 21.6 Å². The molecule has 1 amide bonds. The molecule has 4 rings (SSSR count). The zero-order valence-electron chi connectivity index (χ0n) is 17.6. The lowest BCUT2D eigenvalue weighted by Crippen LogP contribution is -2.53. The van der Waals surface area contributed by atoms with Crippen molar-refractivity contribution in [3.63, 3.8) is 0 Å². The van der Waals surface area contributed by atoms with Gasteiger partial charge in [-0.2, -0.15) is 4.31 Å². The molecule has 160 valence electrons. The summed E-state index contributed by atoms with van der Waals surface area (Å²) in [5, 5.41) is 2.99. The Morgan fingerprint density at radius 2 is 1.70 bits per heavy atom. The molecule has 0 saturated carbocycles. The Bertz CT molecular complexity index is 1040. The monoisotopic (exact) mass is 427 g/mol. The van der Waals surface area contributed by atoms with Crippen molar-refractivity contribution < 1.29 is 13.2 Å². The third-order valence-corrected chi connectivity index (χ3v) is 8.21. The number of carbonyl (C=O) groups is 1. The molecule has 0 aromatic heterocycles. The first-order chi connectivity index (χ1) is 14.4. The van der Waals surface area contributed by atoms with Crippen LogP contribution in [0.5, 0.6) is 0 Å².